The summed E-state index contributed by atoms with van der Waals surface area (Å²) < 4.78 is 18.8. The van der Waals surface area contributed by atoms with Crippen molar-refractivity contribution in [3.63, 3.8) is 0 Å². The van der Waals surface area contributed by atoms with E-state index in [2.05, 4.69) is 10.6 Å². The van der Waals surface area contributed by atoms with Crippen LogP contribution in [-0.2, 0) is 4.79 Å². The number of carbonyl (C=O) groups is 1. The molecule has 0 radical (unpaired) electrons. The van der Waals surface area contributed by atoms with E-state index in [9.17, 15) is 9.18 Å². The molecule has 0 saturated carbocycles. The molecule has 0 aromatic heterocycles. The average molecular weight is 266 g/mol. The summed E-state index contributed by atoms with van der Waals surface area (Å²) in [7, 11) is 0. The number of halogens is 1. The minimum Gasteiger partial charge on any atom is -0.491 e. The van der Waals surface area contributed by atoms with E-state index in [4.69, 9.17) is 4.74 Å². The van der Waals surface area contributed by atoms with Gasteiger partial charge in [0.1, 0.15) is 0 Å². The molecule has 2 rings (SSSR count). The predicted octanol–water partition coefficient (Wildman–Crippen LogP) is 2.16. The third kappa shape index (κ3) is 3.23. The topological polar surface area (TPSA) is 50.4 Å². The second-order valence-electron chi connectivity index (χ2n) is 4.77. The summed E-state index contributed by atoms with van der Waals surface area (Å²) in [5.74, 6) is -0.0824. The second kappa shape index (κ2) is 6.02. The number of hydrogen-bond donors (Lipinski definition) is 2. The van der Waals surface area contributed by atoms with Crippen LogP contribution in [0.4, 0.5) is 10.1 Å². The average Bonchev–Trinajstić information content (AvgIpc) is 2.79. The van der Waals surface area contributed by atoms with Gasteiger partial charge in [-0.2, -0.15) is 0 Å². The highest BCUT2D eigenvalue weighted by atomic mass is 19.1. The largest absolute Gasteiger partial charge is 0.491 e. The van der Waals surface area contributed by atoms with Crippen molar-refractivity contribution in [1.29, 1.82) is 0 Å². The van der Waals surface area contributed by atoms with E-state index in [-0.39, 0.29) is 17.7 Å². The molecule has 1 aliphatic rings. The van der Waals surface area contributed by atoms with Crippen LogP contribution in [0, 0.1) is 11.7 Å². The first-order valence-electron chi connectivity index (χ1n) is 6.58. The summed E-state index contributed by atoms with van der Waals surface area (Å²) in [6.45, 7) is 5.08. The van der Waals surface area contributed by atoms with E-state index in [0.29, 0.717) is 18.2 Å². The number of anilines is 1. The molecule has 0 bridgehead atoms. The van der Waals surface area contributed by atoms with Crippen molar-refractivity contribution in [2.75, 3.05) is 18.5 Å². The number of rotatable bonds is 4. The van der Waals surface area contributed by atoms with Crippen molar-refractivity contribution in [2.24, 2.45) is 5.92 Å². The molecule has 1 fully saturated rings. The van der Waals surface area contributed by atoms with Crippen molar-refractivity contribution in [3.05, 3.63) is 24.0 Å². The summed E-state index contributed by atoms with van der Waals surface area (Å²) in [6.07, 6.45) is 0.982. The van der Waals surface area contributed by atoms with Crippen LogP contribution in [0.15, 0.2) is 18.2 Å². The fourth-order valence-corrected chi connectivity index (χ4v) is 2.26. The van der Waals surface area contributed by atoms with Gasteiger partial charge in [0.2, 0.25) is 5.91 Å². The molecule has 1 amide bonds. The lowest BCUT2D eigenvalue weighted by Gasteiger charge is -2.15. The molecule has 4 nitrogen and oxygen atoms in total. The van der Waals surface area contributed by atoms with E-state index < -0.39 is 5.82 Å². The Morgan fingerprint density at radius 1 is 1.58 bits per heavy atom. The van der Waals surface area contributed by atoms with Crippen molar-refractivity contribution >= 4 is 11.6 Å². The van der Waals surface area contributed by atoms with Gasteiger partial charge in [-0.25, -0.2) is 4.39 Å². The van der Waals surface area contributed by atoms with Crippen molar-refractivity contribution in [1.82, 2.24) is 5.32 Å². The van der Waals surface area contributed by atoms with Crippen LogP contribution in [0.1, 0.15) is 20.3 Å². The molecule has 104 valence electrons. The zero-order chi connectivity index (χ0) is 13.8. The van der Waals surface area contributed by atoms with Crippen LogP contribution in [-0.4, -0.2) is 25.1 Å². The number of hydrogen-bond acceptors (Lipinski definition) is 3. The molecule has 1 heterocycles. The third-order valence-corrected chi connectivity index (χ3v) is 3.31. The Balaban J connectivity index is 2.03. The normalized spacial score (nSPS) is 22.3. The van der Waals surface area contributed by atoms with Gasteiger partial charge in [-0.1, -0.05) is 6.92 Å². The highest BCUT2D eigenvalue weighted by molar-refractivity contribution is 5.95. The monoisotopic (exact) mass is 266 g/mol. The van der Waals surface area contributed by atoms with Gasteiger partial charge in [-0.05, 0) is 37.9 Å². The number of nitrogens with one attached hydrogen (secondary N) is 2. The van der Waals surface area contributed by atoms with Crippen molar-refractivity contribution < 1.29 is 13.9 Å². The lowest BCUT2D eigenvalue weighted by atomic mass is 10.0. The number of ether oxygens (including phenoxy) is 1. The summed E-state index contributed by atoms with van der Waals surface area (Å²) in [6, 6.07) is 4.25. The third-order valence-electron chi connectivity index (χ3n) is 3.31. The van der Waals surface area contributed by atoms with E-state index in [1.165, 1.54) is 12.1 Å². The maximum absolute atomic E-state index is 13.6. The molecule has 0 spiro atoms. The molecular weight excluding hydrogens is 247 g/mol. The van der Waals surface area contributed by atoms with Gasteiger partial charge in [0.15, 0.2) is 11.6 Å². The summed E-state index contributed by atoms with van der Waals surface area (Å²) in [4.78, 5) is 12.0. The van der Waals surface area contributed by atoms with Crippen LogP contribution >= 0.6 is 0 Å². The second-order valence-corrected chi connectivity index (χ2v) is 4.77. The quantitative estimate of drug-likeness (QED) is 0.878. The zero-order valence-corrected chi connectivity index (χ0v) is 11.2. The molecule has 2 atom stereocenters. The van der Waals surface area contributed by atoms with Crippen molar-refractivity contribution in [3.8, 4) is 5.75 Å². The predicted molar refractivity (Wildman–Crippen MR) is 71.8 cm³/mol. The molecule has 1 saturated heterocycles. The fourth-order valence-electron chi connectivity index (χ4n) is 2.26. The van der Waals surface area contributed by atoms with Gasteiger partial charge < -0.3 is 15.4 Å². The van der Waals surface area contributed by atoms with Gasteiger partial charge >= 0.3 is 0 Å². The summed E-state index contributed by atoms with van der Waals surface area (Å²) in [5, 5.41) is 5.87. The first-order valence-corrected chi connectivity index (χ1v) is 6.58. The number of amides is 1. The maximum Gasteiger partial charge on any atom is 0.241 e. The standard InChI is InChI=1S/C14H19FN2O2/c1-3-19-12-5-4-10(8-11(12)15)17-14(18)13-9(2)6-7-16-13/h4-5,8-9,13,16H,3,6-7H2,1-2H3,(H,17,18). The molecule has 5 heteroatoms. The summed E-state index contributed by atoms with van der Waals surface area (Å²) in [5.41, 5.74) is 0.451. The van der Waals surface area contributed by atoms with E-state index >= 15 is 0 Å². The molecular formula is C14H19FN2O2. The molecule has 1 aromatic rings. The molecule has 1 aliphatic heterocycles. The van der Waals surface area contributed by atoms with E-state index in [1.54, 1.807) is 13.0 Å². The SMILES string of the molecule is CCOc1ccc(NC(=O)C2NCCC2C)cc1F. The first kappa shape index (κ1) is 13.8. The Morgan fingerprint density at radius 3 is 2.95 bits per heavy atom. The molecule has 1 aromatic carbocycles. The summed E-state index contributed by atoms with van der Waals surface area (Å²) >= 11 is 0. The first-order chi connectivity index (χ1) is 9.11. The zero-order valence-electron chi connectivity index (χ0n) is 11.2. The van der Waals surface area contributed by atoms with Crippen LogP contribution in [0.2, 0.25) is 0 Å². The minimum atomic E-state index is -0.466. The van der Waals surface area contributed by atoms with Gasteiger partial charge in [0.25, 0.3) is 0 Å². The van der Waals surface area contributed by atoms with Crippen LogP contribution in [0.25, 0.3) is 0 Å². The van der Waals surface area contributed by atoms with Gasteiger partial charge in [0, 0.05) is 11.8 Å². The van der Waals surface area contributed by atoms with E-state index in [1.807, 2.05) is 6.92 Å². The number of carbonyl (C=O) groups excluding carboxylic acids is 1. The Hall–Kier alpha value is -1.62. The Bertz CT molecular complexity index is 465. The molecule has 0 aliphatic carbocycles. The maximum atomic E-state index is 13.6. The molecule has 2 unspecified atom stereocenters. The van der Waals surface area contributed by atoms with Crippen molar-refractivity contribution in [2.45, 2.75) is 26.3 Å². The molecule has 2 N–H and O–H groups in total. The Kier molecular flexibility index (Phi) is 4.37. The lowest BCUT2D eigenvalue weighted by molar-refractivity contribution is -0.118. The van der Waals surface area contributed by atoms with Crippen LogP contribution in [0.5, 0.6) is 5.75 Å². The highest BCUT2D eigenvalue weighted by Crippen LogP contribution is 2.22. The fraction of sp³-hybridized carbons (Fsp3) is 0.500. The highest BCUT2D eigenvalue weighted by Gasteiger charge is 2.29. The van der Waals surface area contributed by atoms with Gasteiger partial charge in [-0.15, -0.1) is 0 Å². The smallest absolute Gasteiger partial charge is 0.241 e. The number of benzene rings is 1. The minimum absolute atomic E-state index is 0.117. The lowest BCUT2D eigenvalue weighted by Crippen LogP contribution is -2.39. The van der Waals surface area contributed by atoms with E-state index in [0.717, 1.165) is 13.0 Å². The van der Waals surface area contributed by atoms with Crippen LogP contribution < -0.4 is 15.4 Å². The van der Waals surface area contributed by atoms with Crippen LogP contribution in [0.3, 0.4) is 0 Å². The van der Waals surface area contributed by atoms with Gasteiger partial charge in [-0.3, -0.25) is 4.79 Å². The Labute approximate surface area is 112 Å². The Morgan fingerprint density at radius 2 is 2.37 bits per heavy atom. The molecule has 19 heavy (non-hydrogen) atoms. The van der Waals surface area contributed by atoms with Gasteiger partial charge in [0.05, 0.1) is 12.6 Å².